The fourth-order valence-corrected chi connectivity index (χ4v) is 1.36. The van der Waals surface area contributed by atoms with E-state index in [1.807, 2.05) is 0 Å². The van der Waals surface area contributed by atoms with E-state index in [0.29, 0.717) is 0 Å². The van der Waals surface area contributed by atoms with Gasteiger partial charge in [0, 0.05) is 12.1 Å². The summed E-state index contributed by atoms with van der Waals surface area (Å²) in [7, 11) is 0. The van der Waals surface area contributed by atoms with E-state index in [4.69, 9.17) is 16.1 Å². The fourth-order valence-electron chi connectivity index (χ4n) is 1.36. The lowest BCUT2D eigenvalue weighted by Crippen LogP contribution is -2.11. The molecule has 90 valence electrons. The molecule has 1 heterocycles. The van der Waals surface area contributed by atoms with Crippen LogP contribution in [0.2, 0.25) is 0 Å². The van der Waals surface area contributed by atoms with Gasteiger partial charge in [-0.2, -0.15) is 5.26 Å². The molecule has 0 fully saturated rings. The summed E-state index contributed by atoms with van der Waals surface area (Å²) >= 11 is 0. The van der Waals surface area contributed by atoms with Crippen molar-refractivity contribution in [3.63, 3.8) is 0 Å². The molecule has 7 heteroatoms. The number of aliphatic carboxylic acids is 1. The van der Waals surface area contributed by atoms with Crippen LogP contribution in [0.5, 0.6) is 0 Å². The number of rotatable bonds is 4. The number of halogens is 2. The molecule has 17 heavy (non-hydrogen) atoms. The molecule has 0 spiro atoms. The Labute approximate surface area is 95.5 Å². The van der Waals surface area contributed by atoms with Gasteiger partial charge in [-0.1, -0.05) is 0 Å². The first-order valence-electron chi connectivity index (χ1n) is 4.62. The topological polar surface area (TPSA) is 100 Å². The molecule has 1 aromatic heterocycles. The molecule has 0 radical (unpaired) electrons. The van der Waals surface area contributed by atoms with Crippen molar-refractivity contribution in [1.82, 2.24) is 4.98 Å². The predicted octanol–water partition coefficient (Wildman–Crippen LogP) is 0.977. The van der Waals surface area contributed by atoms with Crippen molar-refractivity contribution in [2.45, 2.75) is 19.4 Å². The molecule has 0 amide bonds. The SMILES string of the molecule is N#Cc1nc(C(F)F)c(CC(=O)O)cc1CN. The van der Waals surface area contributed by atoms with Gasteiger partial charge in [-0.3, -0.25) is 4.79 Å². The molecule has 1 rings (SSSR count). The van der Waals surface area contributed by atoms with E-state index in [0.717, 1.165) is 0 Å². The first kappa shape index (κ1) is 13.0. The highest BCUT2D eigenvalue weighted by molar-refractivity contribution is 5.70. The van der Waals surface area contributed by atoms with Gasteiger partial charge in [-0.05, 0) is 11.6 Å². The number of alkyl halides is 2. The molecule has 0 aliphatic heterocycles. The zero-order valence-electron chi connectivity index (χ0n) is 8.65. The normalized spacial score (nSPS) is 10.3. The molecule has 3 N–H and O–H groups in total. The lowest BCUT2D eigenvalue weighted by atomic mass is 10.0. The number of nitrogens with zero attached hydrogens (tertiary/aromatic N) is 2. The standard InChI is InChI=1S/C10H9F2N3O2/c11-10(12)9-5(2-8(16)17)1-6(3-13)7(4-14)15-9/h1,10H,2-3,13H2,(H,16,17). The lowest BCUT2D eigenvalue weighted by molar-refractivity contribution is -0.136. The van der Waals surface area contributed by atoms with Crippen molar-refractivity contribution in [3.8, 4) is 6.07 Å². The Morgan fingerprint density at radius 3 is 2.65 bits per heavy atom. The smallest absolute Gasteiger partial charge is 0.307 e. The summed E-state index contributed by atoms with van der Waals surface area (Å²) in [6, 6.07) is 2.85. The van der Waals surface area contributed by atoms with Crippen LogP contribution in [0.1, 0.15) is 28.9 Å². The molecule has 5 nitrogen and oxygen atoms in total. The molecular weight excluding hydrogens is 232 g/mol. The number of hydrogen-bond acceptors (Lipinski definition) is 4. The molecule has 0 bridgehead atoms. The first-order chi connectivity index (χ1) is 7.99. The summed E-state index contributed by atoms with van der Waals surface area (Å²) in [4.78, 5) is 14.0. The largest absolute Gasteiger partial charge is 0.481 e. The number of aromatic nitrogens is 1. The van der Waals surface area contributed by atoms with Gasteiger partial charge in [0.25, 0.3) is 6.43 Å². The number of nitriles is 1. The van der Waals surface area contributed by atoms with Gasteiger partial charge < -0.3 is 10.8 Å². The van der Waals surface area contributed by atoms with E-state index in [9.17, 15) is 13.6 Å². The van der Waals surface area contributed by atoms with E-state index >= 15 is 0 Å². The highest BCUT2D eigenvalue weighted by Crippen LogP contribution is 2.23. The van der Waals surface area contributed by atoms with E-state index < -0.39 is 24.5 Å². The predicted molar refractivity (Wildman–Crippen MR) is 53.1 cm³/mol. The van der Waals surface area contributed by atoms with Crippen molar-refractivity contribution in [1.29, 1.82) is 5.26 Å². The van der Waals surface area contributed by atoms with Crippen LogP contribution in [0.15, 0.2) is 6.07 Å². The zero-order chi connectivity index (χ0) is 13.0. The third-order valence-electron chi connectivity index (χ3n) is 2.09. The minimum Gasteiger partial charge on any atom is -0.481 e. The Bertz CT molecular complexity index is 483. The molecule has 0 aliphatic carbocycles. The van der Waals surface area contributed by atoms with Crippen LogP contribution in [0.4, 0.5) is 8.78 Å². The Kier molecular flexibility index (Phi) is 4.06. The Morgan fingerprint density at radius 2 is 2.24 bits per heavy atom. The fraction of sp³-hybridized carbons (Fsp3) is 0.300. The molecule has 0 unspecified atom stereocenters. The number of carboxylic acids is 1. The van der Waals surface area contributed by atoms with Gasteiger partial charge in [0.05, 0.1) is 6.42 Å². The maximum atomic E-state index is 12.6. The lowest BCUT2D eigenvalue weighted by Gasteiger charge is -2.09. The average molecular weight is 241 g/mol. The van der Waals surface area contributed by atoms with Crippen LogP contribution in [0, 0.1) is 11.3 Å². The second-order valence-electron chi connectivity index (χ2n) is 3.23. The quantitative estimate of drug-likeness (QED) is 0.818. The molecular formula is C10H9F2N3O2. The van der Waals surface area contributed by atoms with E-state index in [1.54, 1.807) is 6.07 Å². The summed E-state index contributed by atoms with van der Waals surface area (Å²) in [5.74, 6) is -1.25. The van der Waals surface area contributed by atoms with Crippen LogP contribution in [0.3, 0.4) is 0 Å². The highest BCUT2D eigenvalue weighted by Gasteiger charge is 2.19. The summed E-state index contributed by atoms with van der Waals surface area (Å²) in [5, 5.41) is 17.3. The minimum absolute atomic E-state index is 0.0635. The zero-order valence-corrected chi connectivity index (χ0v) is 8.65. The first-order valence-corrected chi connectivity index (χ1v) is 4.62. The second-order valence-corrected chi connectivity index (χ2v) is 3.23. The minimum atomic E-state index is -2.93. The highest BCUT2D eigenvalue weighted by atomic mass is 19.3. The molecule has 0 aromatic carbocycles. The maximum Gasteiger partial charge on any atom is 0.307 e. The number of hydrogen-bond donors (Lipinski definition) is 2. The summed E-state index contributed by atoms with van der Waals surface area (Å²) < 4.78 is 25.3. The van der Waals surface area contributed by atoms with Gasteiger partial charge in [0.1, 0.15) is 17.5 Å². The molecule has 1 aromatic rings. The molecule has 0 atom stereocenters. The van der Waals surface area contributed by atoms with Crippen molar-refractivity contribution < 1.29 is 18.7 Å². The van der Waals surface area contributed by atoms with Crippen molar-refractivity contribution in [3.05, 3.63) is 28.6 Å². The third kappa shape index (κ3) is 2.95. The van der Waals surface area contributed by atoms with Crippen LogP contribution >= 0.6 is 0 Å². The Balaban J connectivity index is 3.36. The van der Waals surface area contributed by atoms with Gasteiger partial charge in [0.15, 0.2) is 0 Å². The van der Waals surface area contributed by atoms with Gasteiger partial charge in [0.2, 0.25) is 0 Å². The van der Waals surface area contributed by atoms with Crippen LogP contribution in [-0.2, 0) is 17.8 Å². The van der Waals surface area contributed by atoms with Gasteiger partial charge in [-0.25, -0.2) is 13.8 Å². The average Bonchev–Trinajstić information content (AvgIpc) is 2.27. The van der Waals surface area contributed by atoms with Crippen LogP contribution in [-0.4, -0.2) is 16.1 Å². The second kappa shape index (κ2) is 5.32. The Morgan fingerprint density at radius 1 is 1.59 bits per heavy atom. The maximum absolute atomic E-state index is 12.6. The third-order valence-corrected chi connectivity index (χ3v) is 2.09. The van der Waals surface area contributed by atoms with Gasteiger partial charge >= 0.3 is 5.97 Å². The summed E-state index contributed by atoms with van der Waals surface area (Å²) in [6.45, 7) is -0.0635. The molecule has 0 aliphatic rings. The molecule has 0 saturated heterocycles. The van der Waals surface area contributed by atoms with E-state index in [-0.39, 0.29) is 23.4 Å². The van der Waals surface area contributed by atoms with E-state index in [2.05, 4.69) is 4.98 Å². The molecule has 0 saturated carbocycles. The number of nitrogens with two attached hydrogens (primary N) is 1. The van der Waals surface area contributed by atoms with Gasteiger partial charge in [-0.15, -0.1) is 0 Å². The summed E-state index contributed by atoms with van der Waals surface area (Å²) in [5.41, 5.74) is 4.59. The number of carbonyl (C=O) groups is 1. The van der Waals surface area contributed by atoms with Crippen molar-refractivity contribution in [2.24, 2.45) is 5.73 Å². The summed E-state index contributed by atoms with van der Waals surface area (Å²) in [6.07, 6.45) is -3.51. The monoisotopic (exact) mass is 241 g/mol. The number of pyridine rings is 1. The van der Waals surface area contributed by atoms with Crippen LogP contribution in [0.25, 0.3) is 0 Å². The van der Waals surface area contributed by atoms with Crippen molar-refractivity contribution in [2.75, 3.05) is 0 Å². The van der Waals surface area contributed by atoms with E-state index in [1.165, 1.54) is 6.07 Å². The Hall–Kier alpha value is -2.07. The van der Waals surface area contributed by atoms with Crippen molar-refractivity contribution >= 4 is 5.97 Å². The number of carboxylic acid groups (broad SMARTS) is 1. The van der Waals surface area contributed by atoms with Crippen LogP contribution < -0.4 is 5.73 Å².